The van der Waals surface area contributed by atoms with Crippen LogP contribution in [0.3, 0.4) is 0 Å². The third-order valence-corrected chi connectivity index (χ3v) is 1.92. The fraction of sp³-hybridized carbons (Fsp3) is 0.500. The predicted molar refractivity (Wildman–Crippen MR) is 74.2 cm³/mol. The summed E-state index contributed by atoms with van der Waals surface area (Å²) in [4.78, 5) is 10.0. The van der Waals surface area contributed by atoms with Crippen LogP contribution in [0.5, 0.6) is 0 Å². The van der Waals surface area contributed by atoms with Crippen molar-refractivity contribution < 1.29 is 9.53 Å². The highest BCUT2D eigenvalue weighted by Crippen LogP contribution is 2.04. The zero-order valence-electron chi connectivity index (χ0n) is 11.5. The summed E-state index contributed by atoms with van der Waals surface area (Å²) in [5.74, 6) is 0. The third-order valence-electron chi connectivity index (χ3n) is 1.92. The van der Waals surface area contributed by atoms with Crippen LogP contribution in [-0.4, -0.2) is 18.2 Å². The molecule has 4 heteroatoms. The van der Waals surface area contributed by atoms with E-state index in [1.165, 1.54) is 5.56 Å². The topological polar surface area (TPSA) is 78.3 Å². The normalized spacial score (nSPS) is 10.2. The summed E-state index contributed by atoms with van der Waals surface area (Å²) in [6.45, 7) is 6.07. The molecule has 4 nitrogen and oxygen atoms in total. The van der Waals surface area contributed by atoms with Gasteiger partial charge in [0.2, 0.25) is 0 Å². The molecule has 0 spiro atoms. The van der Waals surface area contributed by atoms with Crippen molar-refractivity contribution in [1.82, 2.24) is 0 Å². The summed E-state index contributed by atoms with van der Waals surface area (Å²) in [6, 6.07) is 10.4. The van der Waals surface area contributed by atoms with Crippen LogP contribution < -0.4 is 11.5 Å². The van der Waals surface area contributed by atoms with Crippen molar-refractivity contribution in [2.24, 2.45) is 11.5 Å². The number of nitrogens with two attached hydrogens (primary N) is 2. The fourth-order valence-corrected chi connectivity index (χ4v) is 1.25. The minimum absolute atomic E-state index is 0.453. The van der Waals surface area contributed by atoms with Gasteiger partial charge >= 0.3 is 6.09 Å². The number of rotatable bonds is 3. The average molecular weight is 252 g/mol. The lowest BCUT2D eigenvalue weighted by Gasteiger charge is -2.16. The molecule has 18 heavy (non-hydrogen) atoms. The van der Waals surface area contributed by atoms with E-state index in [1.807, 2.05) is 6.07 Å². The zero-order chi connectivity index (χ0) is 14.0. The molecule has 0 aliphatic heterocycles. The molecule has 0 atom stereocenters. The Hall–Kier alpha value is -1.55. The summed E-state index contributed by atoms with van der Waals surface area (Å²) in [5.41, 5.74) is 11.0. The van der Waals surface area contributed by atoms with E-state index in [0.717, 1.165) is 19.4 Å². The molecule has 102 valence electrons. The number of hydrogen-bond acceptors (Lipinski definition) is 3. The van der Waals surface area contributed by atoms with E-state index in [0.29, 0.717) is 0 Å². The standard InChI is InChI=1S/C9H13N.C5H11NO2/c10-8-4-7-9-5-2-1-3-6-9;1-5(2,3)8-4(6)7/h1-3,5-6H,4,7-8,10H2;1-3H3,(H2,6,7). The monoisotopic (exact) mass is 252 g/mol. The number of carbonyl (C=O) groups is 1. The van der Waals surface area contributed by atoms with Crippen LogP contribution in [0.15, 0.2) is 30.3 Å². The smallest absolute Gasteiger partial charge is 0.405 e. The van der Waals surface area contributed by atoms with Gasteiger partial charge in [-0.15, -0.1) is 0 Å². The summed E-state index contributed by atoms with van der Waals surface area (Å²) >= 11 is 0. The summed E-state index contributed by atoms with van der Waals surface area (Å²) in [6.07, 6.45) is 1.47. The van der Waals surface area contributed by atoms with Crippen LogP contribution >= 0.6 is 0 Å². The van der Waals surface area contributed by atoms with Crippen molar-refractivity contribution in [3.8, 4) is 0 Å². The molecular formula is C14H24N2O2. The van der Waals surface area contributed by atoms with E-state index < -0.39 is 11.7 Å². The second-order valence-electron chi connectivity index (χ2n) is 4.91. The number of hydrogen-bond donors (Lipinski definition) is 2. The fourth-order valence-electron chi connectivity index (χ4n) is 1.25. The number of ether oxygens (including phenoxy) is 1. The van der Waals surface area contributed by atoms with Crippen molar-refractivity contribution in [1.29, 1.82) is 0 Å². The molecule has 0 aliphatic rings. The lowest BCUT2D eigenvalue weighted by Crippen LogP contribution is -2.27. The van der Waals surface area contributed by atoms with Crippen LogP contribution in [0.2, 0.25) is 0 Å². The molecule has 0 saturated heterocycles. The van der Waals surface area contributed by atoms with Crippen LogP contribution in [0, 0.1) is 0 Å². The molecule has 1 amide bonds. The molecule has 0 aliphatic carbocycles. The first-order valence-corrected chi connectivity index (χ1v) is 6.07. The number of carbonyl (C=O) groups excluding carboxylic acids is 1. The Kier molecular flexibility index (Phi) is 7.79. The van der Waals surface area contributed by atoms with Gasteiger partial charge in [0.05, 0.1) is 0 Å². The zero-order valence-corrected chi connectivity index (χ0v) is 11.5. The summed E-state index contributed by atoms with van der Waals surface area (Å²) < 4.78 is 4.58. The van der Waals surface area contributed by atoms with E-state index in [4.69, 9.17) is 11.5 Å². The molecule has 4 N–H and O–H groups in total. The number of benzene rings is 1. The summed E-state index contributed by atoms with van der Waals surface area (Å²) in [5, 5.41) is 0. The minimum atomic E-state index is -0.725. The minimum Gasteiger partial charge on any atom is -0.444 e. The Morgan fingerprint density at radius 1 is 1.22 bits per heavy atom. The Bertz CT molecular complexity index is 331. The van der Waals surface area contributed by atoms with Crippen LogP contribution in [0.4, 0.5) is 4.79 Å². The largest absolute Gasteiger partial charge is 0.444 e. The summed E-state index contributed by atoms with van der Waals surface area (Å²) in [7, 11) is 0. The number of aryl methyl sites for hydroxylation is 1. The van der Waals surface area contributed by atoms with Crippen LogP contribution in [0.1, 0.15) is 32.8 Å². The molecule has 0 radical (unpaired) electrons. The van der Waals surface area contributed by atoms with Crippen LogP contribution in [0.25, 0.3) is 0 Å². The van der Waals surface area contributed by atoms with E-state index in [2.05, 4.69) is 29.0 Å². The molecule has 0 fully saturated rings. The van der Waals surface area contributed by atoms with Gasteiger partial charge in [0.1, 0.15) is 5.60 Å². The second kappa shape index (κ2) is 8.53. The average Bonchev–Trinajstić information content (AvgIpc) is 2.25. The highest BCUT2D eigenvalue weighted by molar-refractivity contribution is 5.65. The highest BCUT2D eigenvalue weighted by Gasteiger charge is 2.12. The molecule has 1 aromatic carbocycles. The lowest BCUT2D eigenvalue weighted by molar-refractivity contribution is 0.0600. The van der Waals surface area contributed by atoms with E-state index in [9.17, 15) is 4.79 Å². The van der Waals surface area contributed by atoms with Gasteiger partial charge in [-0.2, -0.15) is 0 Å². The first-order chi connectivity index (χ1) is 8.35. The van der Waals surface area contributed by atoms with Crippen LogP contribution in [-0.2, 0) is 11.2 Å². The first kappa shape index (κ1) is 16.4. The molecule has 0 bridgehead atoms. The molecule has 0 saturated carbocycles. The number of amides is 1. The van der Waals surface area contributed by atoms with E-state index in [-0.39, 0.29) is 0 Å². The van der Waals surface area contributed by atoms with Gasteiger partial charge < -0.3 is 16.2 Å². The third kappa shape index (κ3) is 11.0. The Morgan fingerprint density at radius 2 is 1.78 bits per heavy atom. The quantitative estimate of drug-likeness (QED) is 0.867. The maximum atomic E-state index is 10.0. The second-order valence-corrected chi connectivity index (χ2v) is 4.91. The maximum Gasteiger partial charge on any atom is 0.405 e. The molecule has 1 rings (SSSR count). The molecule has 0 aromatic heterocycles. The van der Waals surface area contributed by atoms with E-state index >= 15 is 0 Å². The van der Waals surface area contributed by atoms with Gasteiger partial charge in [-0.1, -0.05) is 30.3 Å². The van der Waals surface area contributed by atoms with Crippen molar-refractivity contribution >= 4 is 6.09 Å². The molecule has 1 aromatic rings. The Labute approximate surface area is 109 Å². The number of primary amides is 1. The Balaban J connectivity index is 0.000000331. The van der Waals surface area contributed by atoms with Gasteiger partial charge in [-0.3, -0.25) is 0 Å². The highest BCUT2D eigenvalue weighted by atomic mass is 16.6. The van der Waals surface area contributed by atoms with Gasteiger partial charge in [0.15, 0.2) is 0 Å². The van der Waals surface area contributed by atoms with Crippen molar-refractivity contribution in [3.05, 3.63) is 35.9 Å². The van der Waals surface area contributed by atoms with E-state index in [1.54, 1.807) is 20.8 Å². The maximum absolute atomic E-state index is 10.0. The molecule has 0 unspecified atom stereocenters. The molecular weight excluding hydrogens is 228 g/mol. The lowest BCUT2D eigenvalue weighted by atomic mass is 10.1. The van der Waals surface area contributed by atoms with Crippen molar-refractivity contribution in [2.75, 3.05) is 6.54 Å². The van der Waals surface area contributed by atoms with Gasteiger partial charge in [-0.25, -0.2) is 4.79 Å². The van der Waals surface area contributed by atoms with Crippen molar-refractivity contribution in [2.45, 2.75) is 39.2 Å². The van der Waals surface area contributed by atoms with Gasteiger partial charge in [0, 0.05) is 0 Å². The van der Waals surface area contributed by atoms with Gasteiger partial charge in [-0.05, 0) is 45.7 Å². The van der Waals surface area contributed by atoms with Gasteiger partial charge in [0.25, 0.3) is 0 Å². The predicted octanol–water partition coefficient (Wildman–Crippen LogP) is 2.46. The molecule has 0 heterocycles. The SMILES string of the molecule is CC(C)(C)OC(N)=O.NCCCc1ccccc1. The van der Waals surface area contributed by atoms with Crippen molar-refractivity contribution in [3.63, 3.8) is 0 Å². The Morgan fingerprint density at radius 3 is 2.11 bits per heavy atom. The first-order valence-electron chi connectivity index (χ1n) is 6.07.